The third kappa shape index (κ3) is 3.72. The number of furan rings is 1. The number of nitrogens with one attached hydrogen (secondary N) is 1. The van der Waals surface area contributed by atoms with Crippen molar-refractivity contribution in [3.63, 3.8) is 0 Å². The van der Waals surface area contributed by atoms with Crippen molar-refractivity contribution in [2.75, 3.05) is 24.7 Å². The number of rotatable bonds is 5. The Labute approximate surface area is 138 Å². The van der Waals surface area contributed by atoms with Crippen molar-refractivity contribution < 1.29 is 14.0 Å². The molecule has 120 valence electrons. The molecular weight excluding hydrogens is 318 g/mol. The first kappa shape index (κ1) is 15.6. The van der Waals surface area contributed by atoms with Crippen molar-refractivity contribution in [3.05, 3.63) is 53.4 Å². The number of hydrogen-bond donors (Lipinski definition) is 1. The molecule has 3 rings (SSSR count). The van der Waals surface area contributed by atoms with Crippen LogP contribution in [0.5, 0.6) is 0 Å². The van der Waals surface area contributed by atoms with Crippen LogP contribution in [0.2, 0.25) is 5.02 Å². The van der Waals surface area contributed by atoms with E-state index in [4.69, 9.17) is 16.0 Å². The van der Waals surface area contributed by atoms with Gasteiger partial charge >= 0.3 is 0 Å². The Kier molecular flexibility index (Phi) is 4.64. The molecule has 0 spiro atoms. The standard InChI is InChI=1S/C16H16ClN3O3/c17-12-3-5-13(6-4-12)20-11-19(10-16(20)22)15(21)9-18-8-14-2-1-7-23-14/h1-7,18H,8-11H2. The van der Waals surface area contributed by atoms with Crippen molar-refractivity contribution in [3.8, 4) is 0 Å². The van der Waals surface area contributed by atoms with Gasteiger partial charge in [-0.1, -0.05) is 11.6 Å². The maximum Gasteiger partial charge on any atom is 0.248 e. The lowest BCUT2D eigenvalue weighted by Gasteiger charge is -2.18. The van der Waals surface area contributed by atoms with Gasteiger partial charge in [-0.05, 0) is 36.4 Å². The highest BCUT2D eigenvalue weighted by Crippen LogP contribution is 2.21. The highest BCUT2D eigenvalue weighted by atomic mass is 35.5. The number of carbonyl (C=O) groups is 2. The minimum atomic E-state index is -0.124. The summed E-state index contributed by atoms with van der Waals surface area (Å²) in [4.78, 5) is 27.4. The van der Waals surface area contributed by atoms with Crippen LogP contribution in [0, 0.1) is 0 Å². The molecule has 1 N–H and O–H groups in total. The molecule has 1 aromatic heterocycles. The summed E-state index contributed by atoms with van der Waals surface area (Å²) in [5.74, 6) is 0.533. The van der Waals surface area contributed by atoms with E-state index < -0.39 is 0 Å². The Balaban J connectivity index is 1.54. The SMILES string of the molecule is O=C(CNCc1ccco1)N1CC(=O)N(c2ccc(Cl)cc2)C1. The first-order valence-electron chi connectivity index (χ1n) is 7.20. The largest absolute Gasteiger partial charge is 0.468 e. The molecule has 0 saturated carbocycles. The number of carbonyl (C=O) groups excluding carboxylic acids is 2. The lowest BCUT2D eigenvalue weighted by atomic mass is 10.3. The lowest BCUT2D eigenvalue weighted by molar-refractivity contribution is -0.130. The molecule has 1 aromatic carbocycles. The summed E-state index contributed by atoms with van der Waals surface area (Å²) in [7, 11) is 0. The second kappa shape index (κ2) is 6.85. The Bertz CT molecular complexity index is 685. The molecule has 23 heavy (non-hydrogen) atoms. The highest BCUT2D eigenvalue weighted by molar-refractivity contribution is 6.30. The summed E-state index contributed by atoms with van der Waals surface area (Å²) in [6.45, 7) is 0.968. The molecule has 7 heteroatoms. The quantitative estimate of drug-likeness (QED) is 0.907. The van der Waals surface area contributed by atoms with E-state index in [1.54, 1.807) is 41.5 Å². The Morgan fingerprint density at radius 3 is 2.74 bits per heavy atom. The van der Waals surface area contributed by atoms with E-state index in [0.29, 0.717) is 11.6 Å². The summed E-state index contributed by atoms with van der Waals surface area (Å²) in [5, 5.41) is 3.62. The van der Waals surface area contributed by atoms with E-state index >= 15 is 0 Å². The highest BCUT2D eigenvalue weighted by Gasteiger charge is 2.31. The van der Waals surface area contributed by atoms with Crippen LogP contribution in [-0.2, 0) is 16.1 Å². The van der Waals surface area contributed by atoms with Gasteiger partial charge in [0.05, 0.1) is 19.4 Å². The molecule has 0 bridgehead atoms. The van der Waals surface area contributed by atoms with Crippen LogP contribution in [0.15, 0.2) is 47.1 Å². The van der Waals surface area contributed by atoms with Crippen molar-refractivity contribution in [1.29, 1.82) is 0 Å². The molecule has 2 amide bonds. The van der Waals surface area contributed by atoms with Gasteiger partial charge in [0, 0.05) is 10.7 Å². The van der Waals surface area contributed by atoms with Crippen molar-refractivity contribution in [2.24, 2.45) is 0 Å². The van der Waals surface area contributed by atoms with Crippen molar-refractivity contribution >= 4 is 29.1 Å². The van der Waals surface area contributed by atoms with Crippen LogP contribution < -0.4 is 10.2 Å². The Morgan fingerprint density at radius 1 is 1.26 bits per heavy atom. The van der Waals surface area contributed by atoms with E-state index in [1.165, 1.54) is 4.90 Å². The fourth-order valence-corrected chi connectivity index (χ4v) is 2.51. The average molecular weight is 334 g/mol. The second-order valence-electron chi connectivity index (χ2n) is 5.21. The number of amides is 2. The monoisotopic (exact) mass is 333 g/mol. The van der Waals surface area contributed by atoms with Gasteiger partial charge in [-0.25, -0.2) is 0 Å². The zero-order chi connectivity index (χ0) is 16.2. The summed E-state index contributed by atoms with van der Waals surface area (Å²) < 4.78 is 5.18. The van der Waals surface area contributed by atoms with Gasteiger partial charge in [0.15, 0.2) is 0 Å². The molecular formula is C16H16ClN3O3. The average Bonchev–Trinajstić information content (AvgIpc) is 3.18. The minimum Gasteiger partial charge on any atom is -0.468 e. The molecule has 1 aliphatic rings. The van der Waals surface area contributed by atoms with Crippen LogP contribution in [0.3, 0.4) is 0 Å². The molecule has 0 atom stereocenters. The molecule has 0 radical (unpaired) electrons. The van der Waals surface area contributed by atoms with Gasteiger partial charge in [0.25, 0.3) is 0 Å². The fourth-order valence-electron chi connectivity index (χ4n) is 2.38. The molecule has 6 nitrogen and oxygen atoms in total. The van der Waals surface area contributed by atoms with Gasteiger partial charge in [-0.2, -0.15) is 0 Å². The van der Waals surface area contributed by atoms with Crippen molar-refractivity contribution in [2.45, 2.75) is 6.54 Å². The van der Waals surface area contributed by atoms with Crippen LogP contribution in [0.25, 0.3) is 0 Å². The Hall–Kier alpha value is -2.31. The summed E-state index contributed by atoms with van der Waals surface area (Å²) in [5.41, 5.74) is 0.734. The molecule has 0 aliphatic carbocycles. The zero-order valence-corrected chi connectivity index (χ0v) is 13.1. The summed E-state index contributed by atoms with van der Waals surface area (Å²) in [6.07, 6.45) is 1.59. The number of hydrogen-bond acceptors (Lipinski definition) is 4. The van der Waals surface area contributed by atoms with E-state index in [9.17, 15) is 9.59 Å². The lowest BCUT2D eigenvalue weighted by Crippen LogP contribution is -2.37. The normalized spacial score (nSPS) is 14.6. The number of anilines is 1. The maximum absolute atomic E-state index is 12.2. The summed E-state index contributed by atoms with van der Waals surface area (Å²) >= 11 is 5.85. The van der Waals surface area contributed by atoms with Gasteiger partial charge < -0.3 is 14.6 Å². The van der Waals surface area contributed by atoms with Crippen LogP contribution in [0.1, 0.15) is 5.76 Å². The van der Waals surface area contributed by atoms with Crippen LogP contribution in [-0.4, -0.2) is 36.5 Å². The minimum absolute atomic E-state index is 0.0872. The van der Waals surface area contributed by atoms with Gasteiger partial charge in [-0.15, -0.1) is 0 Å². The molecule has 1 fully saturated rings. The van der Waals surface area contributed by atoms with Gasteiger partial charge in [0.2, 0.25) is 11.8 Å². The molecule has 2 aromatic rings. The molecule has 1 aliphatic heterocycles. The number of benzene rings is 1. The van der Waals surface area contributed by atoms with E-state index in [0.717, 1.165) is 11.4 Å². The van der Waals surface area contributed by atoms with E-state index in [-0.39, 0.29) is 31.6 Å². The molecule has 0 unspecified atom stereocenters. The third-order valence-corrected chi connectivity index (χ3v) is 3.84. The zero-order valence-electron chi connectivity index (χ0n) is 12.4. The number of nitrogens with zero attached hydrogens (tertiary/aromatic N) is 2. The van der Waals surface area contributed by atoms with E-state index in [2.05, 4.69) is 5.32 Å². The second-order valence-corrected chi connectivity index (χ2v) is 5.65. The van der Waals surface area contributed by atoms with Crippen LogP contribution in [0.4, 0.5) is 5.69 Å². The Morgan fingerprint density at radius 2 is 2.04 bits per heavy atom. The maximum atomic E-state index is 12.2. The topological polar surface area (TPSA) is 65.8 Å². The number of halogens is 1. The molecule has 1 saturated heterocycles. The smallest absolute Gasteiger partial charge is 0.248 e. The molecule has 2 heterocycles. The fraction of sp³-hybridized carbons (Fsp3) is 0.250. The first-order chi connectivity index (χ1) is 11.1. The van der Waals surface area contributed by atoms with Crippen molar-refractivity contribution in [1.82, 2.24) is 10.2 Å². The van der Waals surface area contributed by atoms with Crippen LogP contribution >= 0.6 is 11.6 Å². The van der Waals surface area contributed by atoms with Gasteiger partial charge in [-0.3, -0.25) is 14.5 Å². The van der Waals surface area contributed by atoms with Gasteiger partial charge in [0.1, 0.15) is 19.0 Å². The predicted molar refractivity (Wildman–Crippen MR) is 85.9 cm³/mol. The third-order valence-electron chi connectivity index (χ3n) is 3.59. The first-order valence-corrected chi connectivity index (χ1v) is 7.58. The predicted octanol–water partition coefficient (Wildman–Crippen LogP) is 1.86. The van der Waals surface area contributed by atoms with E-state index in [1.807, 2.05) is 6.07 Å². The summed E-state index contributed by atoms with van der Waals surface area (Å²) in [6, 6.07) is 10.6.